The van der Waals surface area contributed by atoms with E-state index in [0.29, 0.717) is 12.8 Å². The number of nitrogens with one attached hydrogen (secondary N) is 1. The highest BCUT2D eigenvalue weighted by molar-refractivity contribution is 5.73. The number of ether oxygens (including phenoxy) is 1. The maximum Gasteiger partial charge on any atom is 0.217 e. The molecular weight excluding hydrogens is 256 g/mol. The number of methoxy groups -OCH3 is 1. The topological polar surface area (TPSA) is 84.2 Å². The average Bonchev–Trinajstić information content (AvgIpc) is 2.82. The van der Waals surface area contributed by atoms with Gasteiger partial charge < -0.3 is 10.5 Å². The van der Waals surface area contributed by atoms with Crippen LogP contribution in [0.1, 0.15) is 36.9 Å². The fourth-order valence-electron chi connectivity index (χ4n) is 2.93. The van der Waals surface area contributed by atoms with Crippen LogP contribution in [0.4, 0.5) is 0 Å². The van der Waals surface area contributed by atoms with Gasteiger partial charge in [0.1, 0.15) is 0 Å². The van der Waals surface area contributed by atoms with E-state index in [1.165, 1.54) is 5.56 Å². The van der Waals surface area contributed by atoms with E-state index in [4.69, 9.17) is 10.5 Å². The van der Waals surface area contributed by atoms with Crippen LogP contribution in [0, 0.1) is 6.92 Å². The number of piperidine rings is 1. The van der Waals surface area contributed by atoms with Crippen LogP contribution in [0.5, 0.6) is 0 Å². The van der Waals surface area contributed by atoms with Gasteiger partial charge in [0, 0.05) is 37.9 Å². The Hall–Kier alpha value is -1.40. The molecule has 0 radical (unpaired) electrons. The van der Waals surface area contributed by atoms with Crippen LogP contribution in [0.2, 0.25) is 0 Å². The number of aryl methyl sites for hydroxylation is 1. The molecule has 1 saturated heterocycles. The summed E-state index contributed by atoms with van der Waals surface area (Å²) in [6.07, 6.45) is 5.01. The third-order valence-electron chi connectivity index (χ3n) is 4.21. The lowest BCUT2D eigenvalue weighted by Crippen LogP contribution is -2.49. The molecule has 0 aromatic carbocycles. The molecule has 1 amide bonds. The Kier molecular flexibility index (Phi) is 4.77. The van der Waals surface area contributed by atoms with Gasteiger partial charge in [0.15, 0.2) is 0 Å². The SMILES string of the molecule is CO[C@]1(CCC(N)=O)CCCN(Cc2cn[nH]c2C)C1. The molecule has 1 aromatic heterocycles. The molecule has 1 aliphatic rings. The number of hydrogen-bond acceptors (Lipinski definition) is 4. The average molecular weight is 280 g/mol. The van der Waals surface area contributed by atoms with Crippen molar-refractivity contribution in [2.75, 3.05) is 20.2 Å². The normalized spacial score (nSPS) is 23.9. The first-order valence-electron chi connectivity index (χ1n) is 7.09. The van der Waals surface area contributed by atoms with Crippen molar-refractivity contribution in [2.45, 2.75) is 44.8 Å². The molecule has 0 saturated carbocycles. The van der Waals surface area contributed by atoms with E-state index < -0.39 is 0 Å². The smallest absolute Gasteiger partial charge is 0.217 e. The van der Waals surface area contributed by atoms with Crippen LogP contribution in [0.3, 0.4) is 0 Å². The van der Waals surface area contributed by atoms with Crippen molar-refractivity contribution < 1.29 is 9.53 Å². The molecule has 1 aromatic rings. The van der Waals surface area contributed by atoms with Gasteiger partial charge in [-0.1, -0.05) is 0 Å². The Labute approximate surface area is 119 Å². The van der Waals surface area contributed by atoms with Crippen molar-refractivity contribution in [3.8, 4) is 0 Å². The Morgan fingerprint density at radius 1 is 1.65 bits per heavy atom. The zero-order chi connectivity index (χ0) is 14.6. The second-order valence-electron chi connectivity index (χ2n) is 5.69. The van der Waals surface area contributed by atoms with Crippen LogP contribution in [-0.2, 0) is 16.1 Å². The Morgan fingerprint density at radius 2 is 2.45 bits per heavy atom. The molecule has 112 valence electrons. The van der Waals surface area contributed by atoms with E-state index in [9.17, 15) is 4.79 Å². The lowest BCUT2D eigenvalue weighted by molar-refractivity contribution is -0.121. The van der Waals surface area contributed by atoms with E-state index in [1.807, 2.05) is 13.1 Å². The Morgan fingerprint density at radius 3 is 3.05 bits per heavy atom. The van der Waals surface area contributed by atoms with Crippen LogP contribution < -0.4 is 5.73 Å². The standard InChI is InChI=1S/C14H24N4O2/c1-11-12(8-16-17-11)9-18-7-3-5-14(10-18,20-2)6-4-13(15)19/h8H,3-7,9-10H2,1-2H3,(H2,15,19)(H,16,17)/t14-/m0/s1. The number of nitrogens with two attached hydrogens (primary N) is 1. The van der Waals surface area contributed by atoms with Gasteiger partial charge in [0.05, 0.1) is 11.8 Å². The quantitative estimate of drug-likeness (QED) is 0.813. The molecule has 0 spiro atoms. The van der Waals surface area contributed by atoms with Crippen molar-refractivity contribution in [2.24, 2.45) is 5.73 Å². The number of primary amides is 1. The van der Waals surface area contributed by atoms with Crippen molar-refractivity contribution in [1.29, 1.82) is 0 Å². The number of carbonyl (C=O) groups is 1. The first-order chi connectivity index (χ1) is 9.54. The molecule has 6 heteroatoms. The third-order valence-corrected chi connectivity index (χ3v) is 4.21. The molecule has 20 heavy (non-hydrogen) atoms. The predicted molar refractivity (Wildman–Crippen MR) is 76.0 cm³/mol. The van der Waals surface area contributed by atoms with E-state index >= 15 is 0 Å². The fourth-order valence-corrected chi connectivity index (χ4v) is 2.93. The number of carbonyl (C=O) groups excluding carboxylic acids is 1. The van der Waals surface area contributed by atoms with Gasteiger partial charge in [-0.05, 0) is 32.7 Å². The Balaban J connectivity index is 1.99. The summed E-state index contributed by atoms with van der Waals surface area (Å²) in [5.74, 6) is -0.260. The van der Waals surface area contributed by atoms with Crippen molar-refractivity contribution in [1.82, 2.24) is 15.1 Å². The largest absolute Gasteiger partial charge is 0.377 e. The lowest BCUT2D eigenvalue weighted by Gasteiger charge is -2.42. The summed E-state index contributed by atoms with van der Waals surface area (Å²) in [4.78, 5) is 13.4. The van der Waals surface area contributed by atoms with Gasteiger partial charge in [0.25, 0.3) is 0 Å². The molecule has 6 nitrogen and oxygen atoms in total. The summed E-state index contributed by atoms with van der Waals surface area (Å²) in [7, 11) is 1.73. The van der Waals surface area contributed by atoms with Crippen molar-refractivity contribution >= 4 is 5.91 Å². The van der Waals surface area contributed by atoms with Gasteiger partial charge in [-0.3, -0.25) is 14.8 Å². The summed E-state index contributed by atoms with van der Waals surface area (Å²) in [5.41, 5.74) is 7.34. The molecular formula is C14H24N4O2. The second-order valence-corrected chi connectivity index (χ2v) is 5.69. The summed E-state index contributed by atoms with van der Waals surface area (Å²) in [6.45, 7) is 4.78. The van der Waals surface area contributed by atoms with Gasteiger partial charge in [0.2, 0.25) is 5.91 Å². The zero-order valence-electron chi connectivity index (χ0n) is 12.3. The summed E-state index contributed by atoms with van der Waals surface area (Å²) in [6, 6.07) is 0. The molecule has 2 heterocycles. The summed E-state index contributed by atoms with van der Waals surface area (Å²) < 4.78 is 5.74. The van der Waals surface area contributed by atoms with Crippen LogP contribution >= 0.6 is 0 Å². The molecule has 0 bridgehead atoms. The molecule has 0 aliphatic carbocycles. The second kappa shape index (κ2) is 6.37. The molecule has 0 unspecified atom stereocenters. The molecule has 1 aliphatic heterocycles. The number of nitrogens with zero attached hydrogens (tertiary/aromatic N) is 2. The van der Waals surface area contributed by atoms with Crippen LogP contribution in [0.25, 0.3) is 0 Å². The highest BCUT2D eigenvalue weighted by atomic mass is 16.5. The van der Waals surface area contributed by atoms with Gasteiger partial charge in [-0.2, -0.15) is 5.10 Å². The summed E-state index contributed by atoms with van der Waals surface area (Å²) in [5, 5.41) is 7.02. The monoisotopic (exact) mass is 280 g/mol. The van der Waals surface area contributed by atoms with E-state index in [-0.39, 0.29) is 11.5 Å². The number of H-pyrrole nitrogens is 1. The molecule has 2 rings (SSSR count). The molecule has 3 N–H and O–H groups in total. The van der Waals surface area contributed by atoms with E-state index in [0.717, 1.165) is 38.2 Å². The lowest BCUT2D eigenvalue weighted by atomic mass is 9.87. The minimum Gasteiger partial charge on any atom is -0.377 e. The zero-order valence-corrected chi connectivity index (χ0v) is 12.3. The first kappa shape index (κ1) is 15.0. The van der Waals surface area contributed by atoms with Crippen molar-refractivity contribution in [3.63, 3.8) is 0 Å². The van der Waals surface area contributed by atoms with Crippen molar-refractivity contribution in [3.05, 3.63) is 17.5 Å². The van der Waals surface area contributed by atoms with E-state index in [2.05, 4.69) is 15.1 Å². The number of aromatic amines is 1. The number of amides is 1. The highest BCUT2D eigenvalue weighted by Crippen LogP contribution is 2.30. The van der Waals surface area contributed by atoms with E-state index in [1.54, 1.807) is 7.11 Å². The molecule has 1 fully saturated rings. The third kappa shape index (κ3) is 3.58. The minimum absolute atomic E-state index is 0.245. The first-order valence-corrected chi connectivity index (χ1v) is 7.09. The number of likely N-dealkylation sites (tertiary alicyclic amines) is 1. The van der Waals surface area contributed by atoms with Gasteiger partial charge in [-0.15, -0.1) is 0 Å². The van der Waals surface area contributed by atoms with Crippen LogP contribution in [-0.4, -0.2) is 46.8 Å². The maximum absolute atomic E-state index is 11.0. The minimum atomic E-state index is -0.260. The van der Waals surface area contributed by atoms with Crippen LogP contribution in [0.15, 0.2) is 6.20 Å². The number of hydrogen-bond donors (Lipinski definition) is 2. The fraction of sp³-hybridized carbons (Fsp3) is 0.714. The maximum atomic E-state index is 11.0. The summed E-state index contributed by atoms with van der Waals surface area (Å²) >= 11 is 0. The number of aromatic nitrogens is 2. The van der Waals surface area contributed by atoms with Gasteiger partial charge in [-0.25, -0.2) is 0 Å². The molecule has 1 atom stereocenters. The Bertz CT molecular complexity index is 460. The predicted octanol–water partition coefficient (Wildman–Crippen LogP) is 0.965. The number of rotatable bonds is 6. The highest BCUT2D eigenvalue weighted by Gasteiger charge is 2.35. The van der Waals surface area contributed by atoms with Gasteiger partial charge >= 0.3 is 0 Å².